The third kappa shape index (κ3) is 4.04. The molecule has 0 atom stereocenters. The highest BCUT2D eigenvalue weighted by molar-refractivity contribution is 9.10. The average Bonchev–Trinajstić information content (AvgIpc) is 3.25. The van der Waals surface area contributed by atoms with Gasteiger partial charge < -0.3 is 10.4 Å². The molecule has 0 spiro atoms. The number of anilines is 1. The molecule has 2 fully saturated rings. The first-order chi connectivity index (χ1) is 11.1. The van der Waals surface area contributed by atoms with Crippen LogP contribution in [0.25, 0.3) is 0 Å². The van der Waals surface area contributed by atoms with Crippen molar-refractivity contribution in [3.05, 3.63) is 28.2 Å². The van der Waals surface area contributed by atoms with Crippen molar-refractivity contribution in [2.24, 2.45) is 5.92 Å². The number of aliphatic carboxylic acids is 1. The topological polar surface area (TPSA) is 76.4 Å². The van der Waals surface area contributed by atoms with Gasteiger partial charge in [0.05, 0.1) is 17.8 Å². The lowest BCUT2D eigenvalue weighted by Crippen LogP contribution is -2.52. The van der Waals surface area contributed by atoms with Crippen molar-refractivity contribution in [3.8, 4) is 6.07 Å². The summed E-state index contributed by atoms with van der Waals surface area (Å²) in [6.45, 7) is 1.04. The van der Waals surface area contributed by atoms with E-state index in [1.165, 1.54) is 12.8 Å². The fraction of sp³-hybridized carbons (Fsp3) is 0.529. The number of hydrogen-bond donors (Lipinski definition) is 2. The quantitative estimate of drug-likeness (QED) is 0.763. The van der Waals surface area contributed by atoms with E-state index in [1.54, 1.807) is 0 Å². The van der Waals surface area contributed by atoms with Gasteiger partial charge in [0.15, 0.2) is 0 Å². The third-order valence-electron chi connectivity index (χ3n) is 4.64. The highest BCUT2D eigenvalue weighted by Gasteiger charge is 2.37. The van der Waals surface area contributed by atoms with Crippen molar-refractivity contribution in [1.82, 2.24) is 4.90 Å². The van der Waals surface area contributed by atoms with Crippen molar-refractivity contribution in [1.29, 1.82) is 5.26 Å². The van der Waals surface area contributed by atoms with Gasteiger partial charge in [0.2, 0.25) is 0 Å². The minimum absolute atomic E-state index is 0.133. The molecule has 2 N–H and O–H groups in total. The molecule has 0 amide bonds. The number of benzene rings is 1. The zero-order valence-electron chi connectivity index (χ0n) is 12.8. The maximum absolute atomic E-state index is 11.1. The summed E-state index contributed by atoms with van der Waals surface area (Å²) >= 11 is 3.40. The van der Waals surface area contributed by atoms with Crippen LogP contribution in [-0.2, 0) is 4.79 Å². The van der Waals surface area contributed by atoms with E-state index in [0.29, 0.717) is 23.6 Å². The molecule has 0 heterocycles. The zero-order valence-corrected chi connectivity index (χ0v) is 14.4. The molecule has 0 bridgehead atoms. The summed E-state index contributed by atoms with van der Waals surface area (Å²) < 4.78 is 0.794. The van der Waals surface area contributed by atoms with Gasteiger partial charge in [-0.15, -0.1) is 0 Å². The molecule has 0 aromatic heterocycles. The number of carboxylic acids is 1. The second-order valence-electron chi connectivity index (χ2n) is 6.51. The molecule has 0 radical (unpaired) electrons. The van der Waals surface area contributed by atoms with E-state index in [2.05, 4.69) is 32.2 Å². The van der Waals surface area contributed by atoms with Crippen LogP contribution in [0.4, 0.5) is 5.69 Å². The van der Waals surface area contributed by atoms with Gasteiger partial charge >= 0.3 is 5.97 Å². The molecule has 122 valence electrons. The summed E-state index contributed by atoms with van der Waals surface area (Å²) in [5.74, 6) is -0.0579. The van der Waals surface area contributed by atoms with Crippen molar-refractivity contribution in [2.45, 2.75) is 37.8 Å². The van der Waals surface area contributed by atoms with Crippen LogP contribution in [0.1, 0.15) is 31.2 Å². The Morgan fingerprint density at radius 1 is 1.43 bits per heavy atom. The van der Waals surface area contributed by atoms with Crippen LogP contribution in [0.2, 0.25) is 0 Å². The first-order valence-corrected chi connectivity index (χ1v) is 8.77. The molecule has 1 aromatic rings. The molecule has 2 aliphatic carbocycles. The van der Waals surface area contributed by atoms with Gasteiger partial charge in [-0.2, -0.15) is 5.26 Å². The first kappa shape index (κ1) is 16.3. The molecule has 0 unspecified atom stereocenters. The Kier molecular flexibility index (Phi) is 4.88. The Balaban J connectivity index is 1.56. The summed E-state index contributed by atoms with van der Waals surface area (Å²) in [7, 11) is 0. The highest BCUT2D eigenvalue weighted by atomic mass is 79.9. The van der Waals surface area contributed by atoms with Crippen LogP contribution in [0.3, 0.4) is 0 Å². The van der Waals surface area contributed by atoms with Crippen molar-refractivity contribution in [2.75, 3.05) is 18.4 Å². The van der Waals surface area contributed by atoms with Crippen molar-refractivity contribution >= 4 is 27.6 Å². The maximum atomic E-state index is 11.1. The minimum Gasteiger partial charge on any atom is -0.480 e. The molecular weight excluding hydrogens is 358 g/mol. The van der Waals surface area contributed by atoms with Gasteiger partial charge in [-0.3, -0.25) is 9.69 Å². The number of rotatable bonds is 7. The summed E-state index contributed by atoms with van der Waals surface area (Å²) in [5.41, 5.74) is 1.47. The van der Waals surface area contributed by atoms with E-state index in [1.807, 2.05) is 18.2 Å². The SMILES string of the molecule is N#Cc1c(Br)cccc1NC1CC(N(CC(=O)O)CC2CC2)C1. The normalized spacial score (nSPS) is 23.2. The number of nitrogens with zero attached hydrogens (tertiary/aromatic N) is 2. The van der Waals surface area contributed by atoms with Gasteiger partial charge in [0.1, 0.15) is 6.07 Å². The second kappa shape index (κ2) is 6.90. The fourth-order valence-electron chi connectivity index (χ4n) is 3.13. The molecule has 5 nitrogen and oxygen atoms in total. The summed E-state index contributed by atoms with van der Waals surface area (Å²) in [4.78, 5) is 13.2. The number of halogens is 1. The Bertz CT molecular complexity index is 633. The smallest absolute Gasteiger partial charge is 0.317 e. The van der Waals surface area contributed by atoms with Crippen LogP contribution in [0.15, 0.2) is 22.7 Å². The molecule has 2 aliphatic rings. The molecule has 0 aliphatic heterocycles. The number of nitrogens with one attached hydrogen (secondary N) is 1. The first-order valence-electron chi connectivity index (χ1n) is 7.97. The third-order valence-corrected chi connectivity index (χ3v) is 5.30. The van der Waals surface area contributed by atoms with Gasteiger partial charge in [0, 0.05) is 23.1 Å². The molecule has 6 heteroatoms. The lowest BCUT2D eigenvalue weighted by molar-refractivity contribution is -0.139. The summed E-state index contributed by atoms with van der Waals surface area (Å²) in [6, 6.07) is 8.53. The van der Waals surface area contributed by atoms with Crippen LogP contribution < -0.4 is 5.32 Å². The molecule has 2 saturated carbocycles. The van der Waals surface area contributed by atoms with Crippen LogP contribution in [-0.4, -0.2) is 41.1 Å². The van der Waals surface area contributed by atoms with E-state index < -0.39 is 5.97 Å². The van der Waals surface area contributed by atoms with Crippen molar-refractivity contribution in [3.63, 3.8) is 0 Å². The monoisotopic (exact) mass is 377 g/mol. The molecular formula is C17H20BrN3O2. The standard InChI is InChI=1S/C17H20BrN3O2/c18-15-2-1-3-16(14(15)8-19)20-12-6-13(7-12)21(10-17(22)23)9-11-4-5-11/h1-3,11-13,20H,4-7,9-10H2,(H,22,23). The van der Waals surface area contributed by atoms with Gasteiger partial charge in [-0.05, 0) is 59.7 Å². The van der Waals surface area contributed by atoms with Gasteiger partial charge in [-0.25, -0.2) is 0 Å². The van der Waals surface area contributed by atoms with Gasteiger partial charge in [0.25, 0.3) is 0 Å². The molecule has 23 heavy (non-hydrogen) atoms. The molecule has 1 aromatic carbocycles. The van der Waals surface area contributed by atoms with E-state index in [4.69, 9.17) is 5.11 Å². The minimum atomic E-state index is -0.749. The van der Waals surface area contributed by atoms with Crippen LogP contribution in [0, 0.1) is 17.2 Å². The second-order valence-corrected chi connectivity index (χ2v) is 7.36. The van der Waals surface area contributed by atoms with Crippen molar-refractivity contribution < 1.29 is 9.90 Å². The number of hydrogen-bond acceptors (Lipinski definition) is 4. The molecule has 0 saturated heterocycles. The van der Waals surface area contributed by atoms with E-state index in [0.717, 1.165) is 29.5 Å². The number of carbonyl (C=O) groups is 1. The Hall–Kier alpha value is -1.58. The maximum Gasteiger partial charge on any atom is 0.317 e. The largest absolute Gasteiger partial charge is 0.480 e. The zero-order chi connectivity index (χ0) is 16.4. The predicted molar refractivity (Wildman–Crippen MR) is 91.2 cm³/mol. The van der Waals surface area contributed by atoms with Gasteiger partial charge in [-0.1, -0.05) is 6.07 Å². The van der Waals surface area contributed by atoms with E-state index >= 15 is 0 Å². The fourth-order valence-corrected chi connectivity index (χ4v) is 3.59. The van der Waals surface area contributed by atoms with Crippen LogP contribution >= 0.6 is 15.9 Å². The Morgan fingerprint density at radius 3 is 2.78 bits per heavy atom. The summed E-state index contributed by atoms with van der Waals surface area (Å²) in [5, 5.41) is 21.8. The average molecular weight is 378 g/mol. The Labute approximate surface area is 144 Å². The Morgan fingerprint density at radius 2 is 2.17 bits per heavy atom. The van der Waals surface area contributed by atoms with E-state index in [9.17, 15) is 10.1 Å². The lowest BCUT2D eigenvalue weighted by atomic mass is 9.85. The number of nitriles is 1. The highest BCUT2D eigenvalue weighted by Crippen LogP contribution is 2.35. The lowest BCUT2D eigenvalue weighted by Gasteiger charge is -2.43. The predicted octanol–water partition coefficient (Wildman–Crippen LogP) is 3.06. The summed E-state index contributed by atoms with van der Waals surface area (Å²) in [6.07, 6.45) is 4.32. The number of carboxylic acid groups (broad SMARTS) is 1. The molecule has 3 rings (SSSR count). The van der Waals surface area contributed by atoms with Crippen LogP contribution in [0.5, 0.6) is 0 Å². The van der Waals surface area contributed by atoms with E-state index in [-0.39, 0.29) is 6.54 Å².